The van der Waals surface area contributed by atoms with Crippen molar-refractivity contribution in [1.82, 2.24) is 5.32 Å². The van der Waals surface area contributed by atoms with Crippen LogP contribution in [0.5, 0.6) is 5.75 Å². The first kappa shape index (κ1) is 14.3. The third-order valence-corrected chi connectivity index (χ3v) is 2.43. The van der Waals surface area contributed by atoms with E-state index >= 15 is 0 Å². The quantitative estimate of drug-likeness (QED) is 0.797. The van der Waals surface area contributed by atoms with E-state index in [-0.39, 0.29) is 17.7 Å². The smallest absolute Gasteiger partial charge is 0.235 e. The number of anilines is 1. The number of hydrogen-bond acceptors (Lipinski definition) is 3. The summed E-state index contributed by atoms with van der Waals surface area (Å²) in [6.45, 7) is 1.79. The Hall–Kier alpha value is -1.75. The third kappa shape index (κ3) is 4.25. The van der Waals surface area contributed by atoms with Crippen molar-refractivity contribution in [3.8, 4) is 5.75 Å². The summed E-state index contributed by atoms with van der Waals surface area (Å²) in [5.74, 6) is 0.0714. The van der Waals surface area contributed by atoms with E-state index in [0.717, 1.165) is 5.56 Å². The SMILES string of the molecule is COc1cc(CNC(=O)CCl)ccc1NC(C)=O. The molecule has 2 N–H and O–H groups in total. The Kier molecular flexibility index (Phi) is 5.45. The summed E-state index contributed by atoms with van der Waals surface area (Å²) < 4.78 is 5.17. The van der Waals surface area contributed by atoms with Crippen LogP contribution in [0.3, 0.4) is 0 Å². The molecule has 98 valence electrons. The lowest BCUT2D eigenvalue weighted by atomic mass is 10.2. The van der Waals surface area contributed by atoms with Crippen LogP contribution >= 0.6 is 11.6 Å². The molecule has 0 fully saturated rings. The maximum absolute atomic E-state index is 11.0. The van der Waals surface area contributed by atoms with E-state index in [1.54, 1.807) is 18.2 Å². The van der Waals surface area contributed by atoms with Crippen LogP contribution in [0.4, 0.5) is 5.69 Å². The van der Waals surface area contributed by atoms with Gasteiger partial charge in [-0.25, -0.2) is 0 Å². The number of alkyl halides is 1. The lowest BCUT2D eigenvalue weighted by molar-refractivity contribution is -0.118. The second kappa shape index (κ2) is 6.86. The molecule has 0 radical (unpaired) electrons. The molecule has 5 nitrogen and oxygen atoms in total. The lowest BCUT2D eigenvalue weighted by Gasteiger charge is -2.11. The summed E-state index contributed by atoms with van der Waals surface area (Å²) in [5, 5.41) is 5.30. The molecule has 0 atom stereocenters. The van der Waals surface area contributed by atoms with E-state index in [9.17, 15) is 9.59 Å². The van der Waals surface area contributed by atoms with Crippen LogP contribution < -0.4 is 15.4 Å². The Bertz CT molecular complexity index is 449. The first-order valence-corrected chi connectivity index (χ1v) is 5.87. The molecule has 0 heterocycles. The van der Waals surface area contributed by atoms with E-state index < -0.39 is 0 Å². The minimum atomic E-state index is -0.235. The number of carbonyl (C=O) groups excluding carboxylic acids is 2. The van der Waals surface area contributed by atoms with Crippen LogP contribution in [-0.4, -0.2) is 24.8 Å². The van der Waals surface area contributed by atoms with Crippen molar-refractivity contribution >= 4 is 29.1 Å². The fraction of sp³-hybridized carbons (Fsp3) is 0.333. The Morgan fingerprint density at radius 3 is 2.67 bits per heavy atom. The minimum Gasteiger partial charge on any atom is -0.495 e. The topological polar surface area (TPSA) is 67.4 Å². The number of halogens is 1. The van der Waals surface area contributed by atoms with Gasteiger partial charge in [0.15, 0.2) is 0 Å². The van der Waals surface area contributed by atoms with Gasteiger partial charge in [-0.3, -0.25) is 9.59 Å². The van der Waals surface area contributed by atoms with Gasteiger partial charge in [-0.1, -0.05) is 6.07 Å². The molecule has 0 aromatic heterocycles. The van der Waals surface area contributed by atoms with Gasteiger partial charge in [0.25, 0.3) is 0 Å². The van der Waals surface area contributed by atoms with E-state index in [4.69, 9.17) is 16.3 Å². The highest BCUT2D eigenvalue weighted by molar-refractivity contribution is 6.27. The van der Waals surface area contributed by atoms with Gasteiger partial charge in [-0.05, 0) is 17.7 Å². The molecule has 0 aliphatic heterocycles. The molecule has 1 rings (SSSR count). The zero-order chi connectivity index (χ0) is 13.5. The van der Waals surface area contributed by atoms with Crippen molar-refractivity contribution in [2.24, 2.45) is 0 Å². The van der Waals surface area contributed by atoms with Crippen molar-refractivity contribution in [3.05, 3.63) is 23.8 Å². The average Bonchev–Trinajstić information content (AvgIpc) is 2.36. The van der Waals surface area contributed by atoms with Crippen LogP contribution in [0.15, 0.2) is 18.2 Å². The number of ether oxygens (including phenoxy) is 1. The Balaban J connectivity index is 2.78. The molecule has 1 aromatic rings. The van der Waals surface area contributed by atoms with Crippen molar-refractivity contribution in [2.75, 3.05) is 18.3 Å². The highest BCUT2D eigenvalue weighted by Crippen LogP contribution is 2.25. The number of carbonyl (C=O) groups is 2. The molecule has 0 aliphatic rings. The number of nitrogens with one attached hydrogen (secondary N) is 2. The van der Waals surface area contributed by atoms with Gasteiger partial charge in [-0.2, -0.15) is 0 Å². The normalized spacial score (nSPS) is 9.72. The number of rotatable bonds is 5. The average molecular weight is 271 g/mol. The van der Waals surface area contributed by atoms with Gasteiger partial charge in [-0.15, -0.1) is 11.6 Å². The van der Waals surface area contributed by atoms with Crippen LogP contribution in [-0.2, 0) is 16.1 Å². The highest BCUT2D eigenvalue weighted by Gasteiger charge is 2.06. The highest BCUT2D eigenvalue weighted by atomic mass is 35.5. The summed E-state index contributed by atoms with van der Waals surface area (Å²) >= 11 is 5.38. The van der Waals surface area contributed by atoms with Crippen molar-refractivity contribution in [3.63, 3.8) is 0 Å². The van der Waals surface area contributed by atoms with Crippen molar-refractivity contribution < 1.29 is 14.3 Å². The van der Waals surface area contributed by atoms with Gasteiger partial charge < -0.3 is 15.4 Å². The minimum absolute atomic E-state index is 0.0683. The van der Waals surface area contributed by atoms with Crippen LogP contribution in [0.2, 0.25) is 0 Å². The summed E-state index contributed by atoms with van der Waals surface area (Å²) in [7, 11) is 1.52. The van der Waals surface area contributed by atoms with Gasteiger partial charge in [0.2, 0.25) is 11.8 Å². The molecule has 0 aliphatic carbocycles. The Morgan fingerprint density at radius 2 is 2.11 bits per heavy atom. The maximum atomic E-state index is 11.0. The molecular formula is C12H15ClN2O3. The molecule has 1 aromatic carbocycles. The van der Waals surface area contributed by atoms with Gasteiger partial charge in [0.05, 0.1) is 12.8 Å². The van der Waals surface area contributed by atoms with E-state index in [1.165, 1.54) is 14.0 Å². The maximum Gasteiger partial charge on any atom is 0.235 e. The largest absolute Gasteiger partial charge is 0.495 e. The molecule has 2 amide bonds. The summed E-state index contributed by atoms with van der Waals surface area (Å²) in [4.78, 5) is 22.0. The Morgan fingerprint density at radius 1 is 1.39 bits per heavy atom. The van der Waals surface area contributed by atoms with Crippen molar-refractivity contribution in [1.29, 1.82) is 0 Å². The predicted octanol–water partition coefficient (Wildman–Crippen LogP) is 1.51. The second-order valence-corrected chi connectivity index (χ2v) is 3.89. The van der Waals surface area contributed by atoms with Gasteiger partial charge in [0, 0.05) is 13.5 Å². The number of hydrogen-bond donors (Lipinski definition) is 2. The molecule has 0 saturated heterocycles. The number of amides is 2. The van der Waals surface area contributed by atoms with Crippen molar-refractivity contribution in [2.45, 2.75) is 13.5 Å². The van der Waals surface area contributed by atoms with Gasteiger partial charge >= 0.3 is 0 Å². The van der Waals surface area contributed by atoms with Crippen LogP contribution in [0, 0.1) is 0 Å². The van der Waals surface area contributed by atoms with Crippen LogP contribution in [0.25, 0.3) is 0 Å². The third-order valence-electron chi connectivity index (χ3n) is 2.19. The first-order chi connectivity index (χ1) is 8.56. The lowest BCUT2D eigenvalue weighted by Crippen LogP contribution is -2.23. The van der Waals surface area contributed by atoms with E-state index in [0.29, 0.717) is 18.0 Å². The molecule has 0 unspecified atom stereocenters. The van der Waals surface area contributed by atoms with E-state index in [2.05, 4.69) is 10.6 Å². The molecule has 0 spiro atoms. The number of benzene rings is 1. The zero-order valence-corrected chi connectivity index (χ0v) is 11.0. The molecular weight excluding hydrogens is 256 g/mol. The van der Waals surface area contributed by atoms with Gasteiger partial charge in [0.1, 0.15) is 11.6 Å². The fourth-order valence-corrected chi connectivity index (χ4v) is 1.48. The molecule has 6 heteroatoms. The summed E-state index contributed by atoms with van der Waals surface area (Å²) in [5.41, 5.74) is 1.46. The molecule has 0 saturated carbocycles. The number of methoxy groups -OCH3 is 1. The first-order valence-electron chi connectivity index (χ1n) is 5.34. The molecule has 18 heavy (non-hydrogen) atoms. The monoisotopic (exact) mass is 270 g/mol. The summed E-state index contributed by atoms with van der Waals surface area (Å²) in [6.07, 6.45) is 0. The van der Waals surface area contributed by atoms with Crippen LogP contribution in [0.1, 0.15) is 12.5 Å². The second-order valence-electron chi connectivity index (χ2n) is 3.63. The van der Waals surface area contributed by atoms with E-state index in [1.807, 2.05) is 0 Å². The summed E-state index contributed by atoms with van der Waals surface area (Å²) in [6, 6.07) is 5.27. The predicted molar refractivity (Wildman–Crippen MR) is 69.9 cm³/mol. The standard InChI is InChI=1S/C12H15ClN2O3/c1-8(16)15-10-4-3-9(5-11(10)18-2)7-14-12(17)6-13/h3-5H,6-7H2,1-2H3,(H,14,17)(H,15,16). The Labute approximate surface area is 110 Å². The molecule has 0 bridgehead atoms. The zero-order valence-electron chi connectivity index (χ0n) is 10.2. The fourth-order valence-electron chi connectivity index (χ4n) is 1.39.